The lowest BCUT2D eigenvalue weighted by molar-refractivity contribution is -0.141. The van der Waals surface area contributed by atoms with Crippen LogP contribution in [-0.2, 0) is 27.2 Å². The number of benzene rings is 4. The van der Waals surface area contributed by atoms with E-state index >= 15 is 0 Å². The molecule has 14 heteroatoms. The van der Waals surface area contributed by atoms with Gasteiger partial charge in [-0.3, -0.25) is 39.0 Å². The van der Waals surface area contributed by atoms with Crippen LogP contribution in [0.4, 0.5) is 28.4 Å². The number of esters is 1. The number of para-hydroxylation sites is 1. The van der Waals surface area contributed by atoms with Crippen LogP contribution in [-0.4, -0.2) is 82.7 Å². The van der Waals surface area contributed by atoms with Gasteiger partial charge in [-0.1, -0.05) is 24.3 Å². The van der Waals surface area contributed by atoms with Crippen molar-refractivity contribution < 1.29 is 42.9 Å². The molecule has 0 saturated heterocycles. The summed E-state index contributed by atoms with van der Waals surface area (Å²) in [6.45, 7) is 0.834. The maximum atomic E-state index is 14.1. The van der Waals surface area contributed by atoms with Gasteiger partial charge < -0.3 is 29.0 Å². The molecule has 0 aromatic heterocycles. The first-order chi connectivity index (χ1) is 28.3. The Morgan fingerprint density at radius 1 is 0.672 bits per heavy atom. The monoisotopic (exact) mass is 785 g/mol. The van der Waals surface area contributed by atoms with E-state index in [9.17, 15) is 19.2 Å². The lowest BCUT2D eigenvalue weighted by atomic mass is 10.1. The van der Waals surface area contributed by atoms with Crippen molar-refractivity contribution in [3.8, 4) is 23.0 Å². The number of unbranched alkanes of at least 4 members (excludes halogenated alkanes) is 2. The lowest BCUT2D eigenvalue weighted by Crippen LogP contribution is -2.37. The molecule has 1 N–H and O–H groups in total. The summed E-state index contributed by atoms with van der Waals surface area (Å²) in [7, 11) is 4.36. The number of ether oxygens (including phenoxy) is 5. The fourth-order valence-electron chi connectivity index (χ4n) is 7.78. The molecule has 0 saturated carbocycles. The van der Waals surface area contributed by atoms with E-state index < -0.39 is 5.97 Å². The highest BCUT2D eigenvalue weighted by Gasteiger charge is 2.38. The van der Waals surface area contributed by atoms with Crippen LogP contribution < -0.4 is 34.1 Å². The van der Waals surface area contributed by atoms with E-state index in [0.29, 0.717) is 76.5 Å². The van der Waals surface area contributed by atoms with Gasteiger partial charge in [0, 0.05) is 55.2 Å². The Bertz CT molecular complexity index is 2360. The zero-order valence-electron chi connectivity index (χ0n) is 32.5. The van der Waals surface area contributed by atoms with Crippen molar-refractivity contribution in [1.29, 1.82) is 0 Å². The van der Waals surface area contributed by atoms with Gasteiger partial charge in [-0.15, -0.1) is 0 Å². The van der Waals surface area contributed by atoms with Gasteiger partial charge in [0.1, 0.15) is 0 Å². The van der Waals surface area contributed by atoms with Crippen LogP contribution in [0.2, 0.25) is 0 Å². The molecule has 0 bridgehead atoms. The number of nitrogens with one attached hydrogen (secondary N) is 1. The third-order valence-corrected chi connectivity index (χ3v) is 10.7. The Labute approximate surface area is 335 Å². The summed E-state index contributed by atoms with van der Waals surface area (Å²) in [5.41, 5.74) is 6.05. The average Bonchev–Trinajstić information content (AvgIpc) is 3.72. The number of amides is 3. The predicted molar refractivity (Wildman–Crippen MR) is 218 cm³/mol. The second-order valence-corrected chi connectivity index (χ2v) is 14.3. The number of hydrogen-bond donors (Lipinski definition) is 1. The third kappa shape index (κ3) is 7.44. The average molecular weight is 786 g/mol. The zero-order valence-corrected chi connectivity index (χ0v) is 32.5. The number of aliphatic imine (C=N–C) groups is 2. The molecule has 14 nitrogen and oxygen atoms in total. The van der Waals surface area contributed by atoms with Gasteiger partial charge in [0.25, 0.3) is 11.8 Å². The fourth-order valence-corrected chi connectivity index (χ4v) is 7.78. The van der Waals surface area contributed by atoms with Gasteiger partial charge in [0.15, 0.2) is 23.0 Å². The highest BCUT2D eigenvalue weighted by molar-refractivity contribution is 6.16. The number of rotatable bonds is 14. The second-order valence-electron chi connectivity index (χ2n) is 14.3. The van der Waals surface area contributed by atoms with Crippen LogP contribution in [0, 0.1) is 0 Å². The summed E-state index contributed by atoms with van der Waals surface area (Å²) in [5, 5.41) is 2.81. The van der Waals surface area contributed by atoms with Gasteiger partial charge in [-0.2, -0.15) is 0 Å². The number of hydrogen-bond acceptors (Lipinski definition) is 11. The van der Waals surface area contributed by atoms with Gasteiger partial charge in [0.05, 0.1) is 81.2 Å². The van der Waals surface area contributed by atoms with E-state index in [0.717, 1.165) is 42.5 Å². The van der Waals surface area contributed by atoms with E-state index in [4.69, 9.17) is 28.9 Å². The summed E-state index contributed by atoms with van der Waals surface area (Å²) in [5.74, 6) is 0.741. The minimum absolute atomic E-state index is 0.0174. The van der Waals surface area contributed by atoms with Crippen LogP contribution in [0.3, 0.4) is 0 Å². The van der Waals surface area contributed by atoms with Crippen molar-refractivity contribution in [2.24, 2.45) is 9.98 Å². The minimum atomic E-state index is -0.463. The molecule has 2 unspecified atom stereocenters. The number of methoxy groups -OCH3 is 3. The Balaban J connectivity index is 0.859. The van der Waals surface area contributed by atoms with Gasteiger partial charge in [0.2, 0.25) is 5.91 Å². The molecule has 0 radical (unpaired) electrons. The largest absolute Gasteiger partial charge is 0.493 e. The minimum Gasteiger partial charge on any atom is -0.493 e. The lowest BCUT2D eigenvalue weighted by Gasteiger charge is -2.22. The summed E-state index contributed by atoms with van der Waals surface area (Å²) < 4.78 is 28.2. The summed E-state index contributed by atoms with van der Waals surface area (Å²) in [6.07, 6.45) is 7.14. The van der Waals surface area contributed by atoms with E-state index in [1.54, 1.807) is 54.6 Å². The van der Waals surface area contributed by atoms with Gasteiger partial charge in [-0.25, -0.2) is 0 Å². The summed E-state index contributed by atoms with van der Waals surface area (Å²) >= 11 is 0. The van der Waals surface area contributed by atoms with Crippen LogP contribution in [0.25, 0.3) is 0 Å². The van der Waals surface area contributed by atoms with Crippen LogP contribution in [0.5, 0.6) is 23.0 Å². The first-order valence-electron chi connectivity index (χ1n) is 19.3. The smallest absolute Gasteiger partial charge is 0.306 e. The molecule has 4 aromatic rings. The van der Waals surface area contributed by atoms with Gasteiger partial charge >= 0.3 is 5.97 Å². The molecular weight excluding hydrogens is 743 g/mol. The second kappa shape index (κ2) is 16.4. The fraction of sp³-hybridized carbons (Fsp3) is 0.318. The molecule has 8 rings (SSSR count). The molecule has 4 heterocycles. The van der Waals surface area contributed by atoms with Crippen molar-refractivity contribution in [3.63, 3.8) is 0 Å². The predicted octanol–water partition coefficient (Wildman–Crippen LogP) is 6.80. The molecule has 0 fully saturated rings. The molecule has 2 atom stereocenters. The maximum Gasteiger partial charge on any atom is 0.306 e. The standard InChI is InChI=1S/C44H43N5O9/c1-54-37-20-31-33(45-24-29-17-26-9-5-6-10-35(26)48(29)43(31)52)22-39(37)57-15-7-4-8-16-58-40-23-34-32(21-38(40)55-2)44(53)49-30(25-46-34)18-27-11-12-28(19-36(27)49)47-41(50)13-14-42(51)56-3/h5-6,9-12,19-25,29-30H,4,7-8,13-18H2,1-3H3,(H,47,50). The Morgan fingerprint density at radius 2 is 1.24 bits per heavy atom. The summed E-state index contributed by atoms with van der Waals surface area (Å²) in [4.78, 5) is 64.6. The Kier molecular flexibility index (Phi) is 10.8. The molecule has 58 heavy (non-hydrogen) atoms. The van der Waals surface area contributed by atoms with Crippen LogP contribution in [0.1, 0.15) is 63.9 Å². The van der Waals surface area contributed by atoms with Crippen LogP contribution in [0.15, 0.2) is 76.7 Å². The van der Waals surface area contributed by atoms with E-state index in [2.05, 4.69) is 10.1 Å². The van der Waals surface area contributed by atoms with E-state index in [1.807, 2.05) is 41.4 Å². The molecule has 0 spiro atoms. The molecule has 0 aliphatic carbocycles. The molecule has 4 aliphatic heterocycles. The van der Waals surface area contributed by atoms with Gasteiger partial charge in [-0.05, 0) is 60.7 Å². The Morgan fingerprint density at radius 3 is 1.83 bits per heavy atom. The first kappa shape index (κ1) is 38.2. The molecular formula is C44H43N5O9. The number of anilines is 3. The third-order valence-electron chi connectivity index (χ3n) is 10.7. The number of carbonyl (C=O) groups is 4. The maximum absolute atomic E-state index is 14.1. The van der Waals surface area contributed by atoms with Crippen molar-refractivity contribution in [3.05, 3.63) is 89.0 Å². The highest BCUT2D eigenvalue weighted by atomic mass is 16.5. The van der Waals surface area contributed by atoms with Crippen molar-refractivity contribution in [2.75, 3.05) is 49.7 Å². The quantitative estimate of drug-likeness (QED) is 0.107. The zero-order chi connectivity index (χ0) is 40.3. The number of carbonyl (C=O) groups excluding carboxylic acids is 4. The first-order valence-corrected chi connectivity index (χ1v) is 19.3. The Hall–Kier alpha value is -6.70. The van der Waals surface area contributed by atoms with E-state index in [1.165, 1.54) is 14.2 Å². The SMILES string of the molecule is COC(=O)CCC(=O)Nc1ccc2c(c1)N1C(=O)c3cc(OC)c(OCCCCCOc4cc5c(cc4OC)C(=O)N4c6ccccc6CC4C=N5)cc3N=CC1C2. The highest BCUT2D eigenvalue weighted by Crippen LogP contribution is 2.43. The van der Waals surface area contributed by atoms with E-state index in [-0.39, 0.29) is 42.6 Å². The summed E-state index contributed by atoms with van der Waals surface area (Å²) in [6, 6.07) is 19.8. The van der Waals surface area contributed by atoms with Crippen molar-refractivity contribution in [1.82, 2.24) is 0 Å². The molecule has 4 aliphatic rings. The normalized spacial score (nSPS) is 16.9. The topological polar surface area (TPSA) is 158 Å². The van der Waals surface area contributed by atoms with Crippen molar-refractivity contribution >= 4 is 64.6 Å². The molecule has 3 amide bonds. The molecule has 298 valence electrons. The number of fused-ring (bicyclic) bond motifs is 8. The number of nitrogens with zero attached hydrogens (tertiary/aromatic N) is 4. The molecule has 4 aromatic carbocycles. The van der Waals surface area contributed by atoms with Crippen LogP contribution >= 0.6 is 0 Å². The van der Waals surface area contributed by atoms with Crippen molar-refractivity contribution in [2.45, 2.75) is 57.0 Å².